The molecule has 26 heavy (non-hydrogen) atoms. The molecule has 1 amide bonds. The minimum Gasteiger partial charge on any atom is -0.395 e. The summed E-state index contributed by atoms with van der Waals surface area (Å²) in [4.78, 5) is 28.2. The van der Waals surface area contributed by atoms with E-state index in [1.54, 1.807) is 15.9 Å². The molecule has 0 atom stereocenters. The number of aromatic nitrogens is 3. The molecule has 0 saturated carbocycles. The fraction of sp³-hybridized carbons (Fsp3) is 0.133. The summed E-state index contributed by atoms with van der Waals surface area (Å²) in [5, 5.41) is 21.7. The van der Waals surface area contributed by atoms with Gasteiger partial charge in [0.2, 0.25) is 4.96 Å². The Kier molecular flexibility index (Phi) is 4.22. The van der Waals surface area contributed by atoms with Crippen LogP contribution in [0.25, 0.3) is 15.7 Å². The first-order chi connectivity index (χ1) is 12.6. The first-order valence-corrected chi connectivity index (χ1v) is 9.27. The number of carbonyl (C=O) groups excluding carboxylic acids is 1. The molecule has 0 spiro atoms. The highest BCUT2D eigenvalue weighted by Crippen LogP contribution is 2.24. The van der Waals surface area contributed by atoms with Gasteiger partial charge in [-0.3, -0.25) is 14.9 Å². The lowest BCUT2D eigenvalue weighted by molar-refractivity contribution is -0.402. The van der Waals surface area contributed by atoms with Crippen LogP contribution >= 0.6 is 22.7 Å². The van der Waals surface area contributed by atoms with Crippen LogP contribution in [0.5, 0.6) is 0 Å². The number of nitrogens with zero attached hydrogens (tertiary/aromatic N) is 4. The molecule has 0 aliphatic carbocycles. The van der Waals surface area contributed by atoms with Gasteiger partial charge in [0.1, 0.15) is 4.92 Å². The molecule has 0 fully saturated rings. The van der Waals surface area contributed by atoms with Crippen LogP contribution in [0.3, 0.4) is 0 Å². The third-order valence-electron chi connectivity index (χ3n) is 3.55. The highest BCUT2D eigenvalue weighted by atomic mass is 32.1. The summed E-state index contributed by atoms with van der Waals surface area (Å²) in [7, 11) is 0. The molecule has 132 valence electrons. The minimum atomic E-state index is -0.686. The Morgan fingerprint density at radius 3 is 2.96 bits per heavy atom. The SMILES string of the molecule is O=C(NCCc1csc2nc(-c3cccs3)nn12)c1ccc([N+](=O)[O-])o1. The van der Waals surface area contributed by atoms with Crippen LogP contribution in [0.2, 0.25) is 0 Å². The van der Waals surface area contributed by atoms with E-state index in [4.69, 9.17) is 4.42 Å². The van der Waals surface area contributed by atoms with Gasteiger partial charge in [-0.25, -0.2) is 4.52 Å². The third kappa shape index (κ3) is 3.09. The van der Waals surface area contributed by atoms with Crippen molar-refractivity contribution in [1.82, 2.24) is 19.9 Å². The monoisotopic (exact) mass is 389 g/mol. The van der Waals surface area contributed by atoms with Gasteiger partial charge in [0.25, 0.3) is 5.91 Å². The quantitative estimate of drug-likeness (QED) is 0.400. The Labute approximate surface area is 154 Å². The highest BCUT2D eigenvalue weighted by molar-refractivity contribution is 7.15. The van der Waals surface area contributed by atoms with E-state index in [9.17, 15) is 14.9 Å². The van der Waals surface area contributed by atoms with Gasteiger partial charge in [-0.2, -0.15) is 4.98 Å². The van der Waals surface area contributed by atoms with Crippen molar-refractivity contribution in [2.24, 2.45) is 0 Å². The van der Waals surface area contributed by atoms with Crippen molar-refractivity contribution in [2.45, 2.75) is 6.42 Å². The molecule has 0 saturated heterocycles. The number of fused-ring (bicyclic) bond motifs is 1. The molecule has 4 heterocycles. The van der Waals surface area contributed by atoms with Crippen molar-refractivity contribution in [3.8, 4) is 10.7 Å². The lowest BCUT2D eigenvalue weighted by atomic mass is 10.3. The molecule has 0 radical (unpaired) electrons. The predicted molar refractivity (Wildman–Crippen MR) is 95.6 cm³/mol. The van der Waals surface area contributed by atoms with Gasteiger partial charge in [-0.15, -0.1) is 27.8 Å². The summed E-state index contributed by atoms with van der Waals surface area (Å²) in [5.41, 5.74) is 0.922. The van der Waals surface area contributed by atoms with E-state index in [1.807, 2.05) is 22.9 Å². The maximum atomic E-state index is 12.0. The molecule has 11 heteroatoms. The number of amides is 1. The van der Waals surface area contributed by atoms with Crippen LogP contribution in [-0.2, 0) is 6.42 Å². The van der Waals surface area contributed by atoms with Crippen LogP contribution in [0.15, 0.2) is 39.4 Å². The van der Waals surface area contributed by atoms with Crippen molar-refractivity contribution in [3.05, 3.63) is 56.6 Å². The maximum Gasteiger partial charge on any atom is 0.433 e. The zero-order chi connectivity index (χ0) is 18.1. The second-order valence-corrected chi connectivity index (χ2v) is 7.02. The Balaban J connectivity index is 1.41. The number of hydrogen-bond donors (Lipinski definition) is 1. The summed E-state index contributed by atoms with van der Waals surface area (Å²) in [6.45, 7) is 0.341. The fourth-order valence-corrected chi connectivity index (χ4v) is 3.85. The van der Waals surface area contributed by atoms with E-state index in [1.165, 1.54) is 17.4 Å². The van der Waals surface area contributed by atoms with Crippen LogP contribution in [0.1, 0.15) is 16.2 Å². The standard InChI is InChI=1S/C15H11N5O4S2/c21-14(10-3-4-12(24-10)20(22)23)16-6-5-9-8-26-15-17-13(18-19(9)15)11-2-1-7-25-11/h1-4,7-8H,5-6H2,(H,16,21). The number of furan rings is 1. The summed E-state index contributed by atoms with van der Waals surface area (Å²) in [6, 6.07) is 6.34. The molecule has 0 aromatic carbocycles. The largest absolute Gasteiger partial charge is 0.433 e. The molecule has 4 aromatic heterocycles. The Morgan fingerprint density at radius 1 is 1.35 bits per heavy atom. The van der Waals surface area contributed by atoms with Gasteiger partial charge in [0, 0.05) is 18.3 Å². The highest BCUT2D eigenvalue weighted by Gasteiger charge is 2.17. The number of nitro groups is 1. The van der Waals surface area contributed by atoms with E-state index < -0.39 is 16.7 Å². The molecule has 4 rings (SSSR count). The van der Waals surface area contributed by atoms with E-state index in [0.717, 1.165) is 21.6 Å². The van der Waals surface area contributed by atoms with E-state index in [-0.39, 0.29) is 5.76 Å². The van der Waals surface area contributed by atoms with Crippen molar-refractivity contribution in [1.29, 1.82) is 0 Å². The number of nitrogens with one attached hydrogen (secondary N) is 1. The molecule has 4 aromatic rings. The summed E-state index contributed by atoms with van der Waals surface area (Å²) < 4.78 is 6.64. The number of hydrogen-bond acceptors (Lipinski definition) is 8. The van der Waals surface area contributed by atoms with Gasteiger partial charge in [-0.1, -0.05) is 6.07 Å². The smallest absolute Gasteiger partial charge is 0.395 e. The molecule has 0 aliphatic heterocycles. The van der Waals surface area contributed by atoms with Gasteiger partial charge in [0.15, 0.2) is 11.6 Å². The van der Waals surface area contributed by atoms with Gasteiger partial charge < -0.3 is 9.73 Å². The predicted octanol–water partition coefficient (Wildman–Crippen LogP) is 2.99. The van der Waals surface area contributed by atoms with E-state index in [0.29, 0.717) is 18.8 Å². The Bertz CT molecular complexity index is 1080. The summed E-state index contributed by atoms with van der Waals surface area (Å²) >= 11 is 3.06. The number of thiophene rings is 1. The molecule has 0 bridgehead atoms. The lowest BCUT2D eigenvalue weighted by Crippen LogP contribution is -2.25. The first-order valence-electron chi connectivity index (χ1n) is 7.51. The number of carbonyl (C=O) groups is 1. The van der Waals surface area contributed by atoms with Gasteiger partial charge >= 0.3 is 5.88 Å². The number of rotatable bonds is 6. The zero-order valence-electron chi connectivity index (χ0n) is 13.1. The molecule has 9 nitrogen and oxygen atoms in total. The van der Waals surface area contributed by atoms with Crippen LogP contribution < -0.4 is 5.32 Å². The molecule has 0 aliphatic rings. The molecule has 1 N–H and O–H groups in total. The maximum absolute atomic E-state index is 12.0. The first kappa shape index (κ1) is 16.4. The van der Waals surface area contributed by atoms with E-state index in [2.05, 4.69) is 15.4 Å². The van der Waals surface area contributed by atoms with Crippen molar-refractivity contribution >= 4 is 39.4 Å². The minimum absolute atomic E-state index is 0.0899. The molecule has 0 unspecified atom stereocenters. The average molecular weight is 389 g/mol. The van der Waals surface area contributed by atoms with Crippen molar-refractivity contribution in [3.63, 3.8) is 0 Å². The normalized spacial score (nSPS) is 11.1. The lowest BCUT2D eigenvalue weighted by Gasteiger charge is -2.01. The second kappa shape index (κ2) is 6.69. The molecular formula is C15H11N5O4S2. The average Bonchev–Trinajstić information content (AvgIpc) is 3.38. The zero-order valence-corrected chi connectivity index (χ0v) is 14.7. The topological polar surface area (TPSA) is 116 Å². The Morgan fingerprint density at radius 2 is 2.23 bits per heavy atom. The van der Waals surface area contributed by atoms with Crippen molar-refractivity contribution in [2.75, 3.05) is 6.54 Å². The van der Waals surface area contributed by atoms with Crippen LogP contribution in [0.4, 0.5) is 5.88 Å². The summed E-state index contributed by atoms with van der Waals surface area (Å²) in [5.74, 6) is -0.367. The summed E-state index contributed by atoms with van der Waals surface area (Å²) in [6.07, 6.45) is 0.543. The number of thiazole rings is 1. The van der Waals surface area contributed by atoms with Crippen molar-refractivity contribution < 1.29 is 14.1 Å². The third-order valence-corrected chi connectivity index (χ3v) is 5.28. The van der Waals surface area contributed by atoms with E-state index >= 15 is 0 Å². The second-order valence-electron chi connectivity index (χ2n) is 5.24. The van der Waals surface area contributed by atoms with Crippen LogP contribution in [-0.4, -0.2) is 32.0 Å². The van der Waals surface area contributed by atoms with Gasteiger partial charge in [-0.05, 0) is 17.5 Å². The van der Waals surface area contributed by atoms with Gasteiger partial charge in [0.05, 0.1) is 16.6 Å². The van der Waals surface area contributed by atoms with Crippen LogP contribution in [0, 0.1) is 10.1 Å². The fourth-order valence-electron chi connectivity index (χ4n) is 2.35. The molecular weight excluding hydrogens is 378 g/mol. The Hall–Kier alpha value is -3.05.